The molecule has 1 aliphatic rings. The van der Waals surface area contributed by atoms with E-state index in [9.17, 15) is 0 Å². The van der Waals surface area contributed by atoms with Crippen LogP contribution in [0.1, 0.15) is 22.3 Å². The zero-order valence-corrected chi connectivity index (χ0v) is 17.2. The zero-order valence-electron chi connectivity index (χ0n) is 17.2. The van der Waals surface area contributed by atoms with Gasteiger partial charge in [0, 0.05) is 5.56 Å². The smallest absolute Gasteiger partial charge is 0.217 e. The summed E-state index contributed by atoms with van der Waals surface area (Å²) >= 11 is 0. The number of rotatable bonds is 7. The highest BCUT2D eigenvalue weighted by atomic mass is 16.5. The van der Waals surface area contributed by atoms with Gasteiger partial charge in [-0.2, -0.15) is 0 Å². The summed E-state index contributed by atoms with van der Waals surface area (Å²) in [5.41, 5.74) is 4.37. The van der Waals surface area contributed by atoms with Crippen LogP contribution >= 0.6 is 0 Å². The first-order valence-corrected chi connectivity index (χ1v) is 10.0. The minimum Gasteiger partial charge on any atom is -0.493 e. The van der Waals surface area contributed by atoms with Crippen molar-refractivity contribution in [3.63, 3.8) is 0 Å². The molecule has 0 radical (unpaired) electrons. The molecule has 0 aromatic heterocycles. The van der Waals surface area contributed by atoms with E-state index >= 15 is 0 Å². The Labute approximate surface area is 177 Å². The van der Waals surface area contributed by atoms with E-state index in [2.05, 4.69) is 48.6 Å². The molecule has 4 rings (SSSR count). The first kappa shape index (κ1) is 19.8. The van der Waals surface area contributed by atoms with Crippen LogP contribution in [0.15, 0.2) is 77.8 Å². The molecule has 0 bridgehead atoms. The molecule has 3 aromatic carbocycles. The van der Waals surface area contributed by atoms with Gasteiger partial charge in [-0.3, -0.25) is 0 Å². The lowest BCUT2D eigenvalue weighted by Gasteiger charge is -2.08. The summed E-state index contributed by atoms with van der Waals surface area (Å²) in [5, 5.41) is 0. The second kappa shape index (κ2) is 9.31. The van der Waals surface area contributed by atoms with E-state index in [4.69, 9.17) is 19.2 Å². The van der Waals surface area contributed by atoms with Gasteiger partial charge in [-0.15, -0.1) is 0 Å². The molecule has 0 saturated heterocycles. The minimum absolute atomic E-state index is 0.144. The van der Waals surface area contributed by atoms with Gasteiger partial charge in [0.05, 0.1) is 20.3 Å². The first-order chi connectivity index (χ1) is 14.8. The topological polar surface area (TPSA) is 40.0 Å². The maximum absolute atomic E-state index is 5.96. The lowest BCUT2D eigenvalue weighted by molar-refractivity contribution is 0.317. The molecule has 0 amide bonds. The molecule has 0 spiro atoms. The quantitative estimate of drug-likeness (QED) is 0.509. The zero-order chi connectivity index (χ0) is 20.8. The van der Waals surface area contributed by atoms with Gasteiger partial charge in [0.25, 0.3) is 0 Å². The molecule has 152 valence electrons. The van der Waals surface area contributed by atoms with Crippen LogP contribution in [0.5, 0.6) is 11.5 Å². The average Bonchev–Trinajstić information content (AvgIpc) is 3.26. The van der Waals surface area contributed by atoms with Crippen molar-refractivity contribution in [1.82, 2.24) is 0 Å². The van der Waals surface area contributed by atoms with Crippen LogP contribution in [0.25, 0.3) is 12.2 Å². The van der Waals surface area contributed by atoms with Gasteiger partial charge in [0.1, 0.15) is 6.61 Å². The summed E-state index contributed by atoms with van der Waals surface area (Å²) in [7, 11) is 3.28. The van der Waals surface area contributed by atoms with Crippen molar-refractivity contribution in [1.29, 1.82) is 0 Å². The lowest BCUT2D eigenvalue weighted by Crippen LogP contribution is -2.09. The number of hydrogen-bond donors (Lipinski definition) is 0. The van der Waals surface area contributed by atoms with Gasteiger partial charge in [-0.05, 0) is 41.3 Å². The van der Waals surface area contributed by atoms with Gasteiger partial charge >= 0.3 is 0 Å². The van der Waals surface area contributed by atoms with Gasteiger partial charge in [-0.25, -0.2) is 4.99 Å². The van der Waals surface area contributed by atoms with Gasteiger partial charge < -0.3 is 14.2 Å². The average molecular weight is 399 g/mol. The fraction of sp³-hybridized carbons (Fsp3) is 0.192. The van der Waals surface area contributed by atoms with Crippen LogP contribution in [-0.4, -0.2) is 32.8 Å². The third-order valence-corrected chi connectivity index (χ3v) is 5.08. The van der Waals surface area contributed by atoms with E-state index in [1.807, 2.05) is 36.4 Å². The standard InChI is InChI=1S/C26H25NO3/c1-28-24-15-13-20(17-25(24)29-2)12-14-21-10-6-7-11-23(21)26-27-22(18-30-26)16-19-8-4-3-5-9-19/h3-15,17,22H,16,18H2,1-2H3/b14-12+/t22-/m0/s1. The molecular weight excluding hydrogens is 374 g/mol. The summed E-state index contributed by atoms with van der Waals surface area (Å²) in [6.45, 7) is 0.609. The molecule has 4 heteroatoms. The highest BCUT2D eigenvalue weighted by Gasteiger charge is 2.21. The number of benzene rings is 3. The maximum Gasteiger partial charge on any atom is 0.217 e. The molecule has 0 unspecified atom stereocenters. The Morgan fingerprint density at radius 1 is 0.900 bits per heavy atom. The Kier molecular flexibility index (Phi) is 6.14. The molecule has 0 fully saturated rings. The monoisotopic (exact) mass is 399 g/mol. The van der Waals surface area contributed by atoms with Crippen molar-refractivity contribution < 1.29 is 14.2 Å². The molecular formula is C26H25NO3. The van der Waals surface area contributed by atoms with Crippen molar-refractivity contribution in [2.24, 2.45) is 4.99 Å². The highest BCUT2D eigenvalue weighted by molar-refractivity contribution is 5.99. The summed E-state index contributed by atoms with van der Waals surface area (Å²) < 4.78 is 16.7. The van der Waals surface area contributed by atoms with Crippen molar-refractivity contribution >= 4 is 18.0 Å². The van der Waals surface area contributed by atoms with E-state index in [1.165, 1.54) is 5.56 Å². The fourth-order valence-electron chi connectivity index (χ4n) is 3.53. The Morgan fingerprint density at radius 2 is 1.67 bits per heavy atom. The summed E-state index contributed by atoms with van der Waals surface area (Å²) in [6, 6.07) is 24.6. The van der Waals surface area contributed by atoms with E-state index < -0.39 is 0 Å². The molecule has 4 nitrogen and oxygen atoms in total. The minimum atomic E-state index is 0.144. The molecule has 1 atom stereocenters. The Balaban J connectivity index is 1.54. The third kappa shape index (κ3) is 4.54. The Morgan fingerprint density at radius 3 is 2.47 bits per heavy atom. The van der Waals surface area contributed by atoms with Crippen molar-refractivity contribution in [3.8, 4) is 11.5 Å². The molecule has 0 saturated carbocycles. The second-order valence-electron chi connectivity index (χ2n) is 7.12. The van der Waals surface area contributed by atoms with Gasteiger partial charge in [0.15, 0.2) is 11.5 Å². The Hall–Kier alpha value is -3.53. The normalized spacial score (nSPS) is 15.7. The fourth-order valence-corrected chi connectivity index (χ4v) is 3.53. The summed E-state index contributed by atoms with van der Waals surface area (Å²) in [6.07, 6.45) is 5.01. The molecule has 0 aliphatic carbocycles. The predicted molar refractivity (Wildman–Crippen MR) is 121 cm³/mol. The van der Waals surface area contributed by atoms with Crippen molar-refractivity contribution in [3.05, 3.63) is 95.1 Å². The number of nitrogens with zero attached hydrogens (tertiary/aromatic N) is 1. The lowest BCUT2D eigenvalue weighted by atomic mass is 10.1. The van der Waals surface area contributed by atoms with Crippen LogP contribution in [0.3, 0.4) is 0 Å². The predicted octanol–water partition coefficient (Wildman–Crippen LogP) is 5.26. The highest BCUT2D eigenvalue weighted by Crippen LogP contribution is 2.28. The third-order valence-electron chi connectivity index (χ3n) is 5.08. The molecule has 0 N–H and O–H groups in total. The number of ether oxygens (including phenoxy) is 3. The van der Waals surface area contributed by atoms with Crippen molar-refractivity contribution in [2.75, 3.05) is 20.8 Å². The first-order valence-electron chi connectivity index (χ1n) is 10.0. The number of methoxy groups -OCH3 is 2. The van der Waals surface area contributed by atoms with Gasteiger partial charge in [0.2, 0.25) is 5.90 Å². The maximum atomic E-state index is 5.96. The van der Waals surface area contributed by atoms with E-state index in [1.54, 1.807) is 14.2 Å². The van der Waals surface area contributed by atoms with E-state index in [0.717, 1.165) is 23.1 Å². The second-order valence-corrected chi connectivity index (χ2v) is 7.12. The summed E-state index contributed by atoms with van der Waals surface area (Å²) in [5.74, 6) is 2.14. The summed E-state index contributed by atoms with van der Waals surface area (Å²) in [4.78, 5) is 4.84. The van der Waals surface area contributed by atoms with Crippen LogP contribution in [0.2, 0.25) is 0 Å². The SMILES string of the molecule is COc1ccc(/C=C/c2ccccc2C2=N[C@@H](Cc3ccccc3)CO2)cc1OC. The molecule has 1 aliphatic heterocycles. The largest absolute Gasteiger partial charge is 0.493 e. The van der Waals surface area contributed by atoms with E-state index in [-0.39, 0.29) is 6.04 Å². The van der Waals surface area contributed by atoms with Crippen LogP contribution in [-0.2, 0) is 11.2 Å². The van der Waals surface area contributed by atoms with Crippen LogP contribution in [0.4, 0.5) is 0 Å². The molecule has 1 heterocycles. The molecule has 3 aromatic rings. The molecule has 30 heavy (non-hydrogen) atoms. The Bertz CT molecular complexity index is 1060. The van der Waals surface area contributed by atoms with Gasteiger partial charge in [-0.1, -0.05) is 66.7 Å². The van der Waals surface area contributed by atoms with Crippen LogP contribution in [0, 0.1) is 0 Å². The number of hydrogen-bond acceptors (Lipinski definition) is 4. The number of aliphatic imine (C=N–C) groups is 1. The van der Waals surface area contributed by atoms with E-state index in [0.29, 0.717) is 24.0 Å². The van der Waals surface area contributed by atoms with Crippen molar-refractivity contribution in [2.45, 2.75) is 12.5 Å². The van der Waals surface area contributed by atoms with Crippen LogP contribution < -0.4 is 9.47 Å².